The van der Waals surface area contributed by atoms with E-state index in [4.69, 9.17) is 30.6 Å². The number of phenolic OH excluding ortho intramolecular Hbond substituents is 2. The lowest BCUT2D eigenvalue weighted by Crippen LogP contribution is -2.19. The molecule has 0 spiro atoms. The molecule has 0 saturated heterocycles. The minimum absolute atomic E-state index is 0.0278. The van der Waals surface area contributed by atoms with Crippen molar-refractivity contribution in [2.45, 2.75) is 25.7 Å². The van der Waals surface area contributed by atoms with Crippen LogP contribution in [-0.2, 0) is 4.74 Å². The summed E-state index contributed by atoms with van der Waals surface area (Å²) in [6, 6.07) is 5.70. The molecular weight excluding hydrogens is 328 g/mol. The second-order valence-corrected chi connectivity index (χ2v) is 5.83. The summed E-state index contributed by atoms with van der Waals surface area (Å²) in [5, 5.41) is 51.0. The molecule has 25 heavy (non-hydrogen) atoms. The molecule has 146 valence electrons. The smallest absolute Gasteiger partial charge is 0.115 e. The van der Waals surface area contributed by atoms with Crippen molar-refractivity contribution in [1.82, 2.24) is 0 Å². The largest absolute Gasteiger partial charge is 0.508 e. The SMILES string of the molecule is OCC1CCC(CO)CC1.OCCOCCO.Oc1ccc(O)cc1. The predicted octanol–water partition coefficient (Wildman–Crippen LogP) is 0.863. The van der Waals surface area contributed by atoms with Crippen molar-refractivity contribution in [2.24, 2.45) is 11.8 Å². The standard InChI is InChI=1S/C8H16O2.C6H6O2.C4H10O3/c9-5-7-1-2-8(6-10)4-3-7;7-5-1-2-6(8)4-3-5;5-1-3-7-4-2-6/h7-10H,1-6H2;1-4,7-8H;5-6H,1-4H2. The number of rotatable bonds is 6. The summed E-state index contributed by atoms with van der Waals surface area (Å²) in [5.74, 6) is 1.37. The van der Waals surface area contributed by atoms with Crippen LogP contribution in [0.5, 0.6) is 11.5 Å². The van der Waals surface area contributed by atoms with E-state index in [1.807, 2.05) is 0 Å². The van der Waals surface area contributed by atoms with Crippen molar-refractivity contribution in [2.75, 3.05) is 39.6 Å². The molecule has 7 nitrogen and oxygen atoms in total. The Balaban J connectivity index is 0.000000353. The molecule has 0 aromatic heterocycles. The Kier molecular flexibility index (Phi) is 15.2. The van der Waals surface area contributed by atoms with Gasteiger partial charge in [0.05, 0.1) is 26.4 Å². The highest BCUT2D eigenvalue weighted by atomic mass is 16.5. The molecule has 1 aromatic rings. The second kappa shape index (κ2) is 16.1. The monoisotopic (exact) mass is 360 g/mol. The zero-order chi connectivity index (χ0) is 18.9. The van der Waals surface area contributed by atoms with Crippen LogP contribution in [0.3, 0.4) is 0 Å². The van der Waals surface area contributed by atoms with E-state index in [9.17, 15) is 0 Å². The number of aliphatic hydroxyl groups excluding tert-OH is 4. The molecule has 1 saturated carbocycles. The highest BCUT2D eigenvalue weighted by Gasteiger charge is 2.19. The maximum absolute atomic E-state index is 8.79. The van der Waals surface area contributed by atoms with Crippen molar-refractivity contribution >= 4 is 0 Å². The topological polar surface area (TPSA) is 131 Å². The van der Waals surface area contributed by atoms with Crippen LogP contribution in [-0.4, -0.2) is 70.3 Å². The number of phenols is 2. The van der Waals surface area contributed by atoms with Crippen LogP contribution in [0.4, 0.5) is 0 Å². The van der Waals surface area contributed by atoms with E-state index in [0.717, 1.165) is 25.7 Å². The number of benzene rings is 1. The van der Waals surface area contributed by atoms with Crippen LogP contribution >= 0.6 is 0 Å². The average molecular weight is 360 g/mol. The first-order valence-electron chi connectivity index (χ1n) is 8.56. The van der Waals surface area contributed by atoms with E-state index in [-0.39, 0.29) is 24.7 Å². The molecule has 2 rings (SSSR count). The molecular formula is C18H32O7. The number of ether oxygens (including phenoxy) is 1. The second-order valence-electron chi connectivity index (χ2n) is 5.83. The molecule has 1 aliphatic rings. The van der Waals surface area contributed by atoms with E-state index < -0.39 is 0 Å². The van der Waals surface area contributed by atoms with Gasteiger partial charge in [0, 0.05) is 13.2 Å². The Bertz CT molecular complexity index is 352. The lowest BCUT2D eigenvalue weighted by Gasteiger charge is -2.25. The molecule has 0 radical (unpaired) electrons. The Hall–Kier alpha value is -1.38. The Morgan fingerprint density at radius 1 is 0.680 bits per heavy atom. The van der Waals surface area contributed by atoms with Crippen LogP contribution in [0.15, 0.2) is 24.3 Å². The molecule has 7 heteroatoms. The first-order valence-corrected chi connectivity index (χ1v) is 8.56. The van der Waals surface area contributed by atoms with Crippen molar-refractivity contribution in [1.29, 1.82) is 0 Å². The van der Waals surface area contributed by atoms with Crippen LogP contribution in [0.2, 0.25) is 0 Å². The van der Waals surface area contributed by atoms with Gasteiger partial charge in [-0.25, -0.2) is 0 Å². The fraction of sp³-hybridized carbons (Fsp3) is 0.667. The summed E-state index contributed by atoms with van der Waals surface area (Å²) >= 11 is 0. The Morgan fingerprint density at radius 2 is 1.00 bits per heavy atom. The van der Waals surface area contributed by atoms with Gasteiger partial charge in [0.15, 0.2) is 0 Å². The van der Waals surface area contributed by atoms with Crippen molar-refractivity contribution in [3.63, 3.8) is 0 Å². The minimum atomic E-state index is 0.0278. The maximum Gasteiger partial charge on any atom is 0.115 e. The molecule has 0 bridgehead atoms. The first kappa shape index (κ1) is 23.6. The molecule has 0 unspecified atom stereocenters. The molecule has 0 atom stereocenters. The molecule has 0 aliphatic heterocycles. The third-order valence-electron chi connectivity index (χ3n) is 3.80. The van der Waals surface area contributed by atoms with Gasteiger partial charge in [-0.1, -0.05) is 0 Å². The van der Waals surface area contributed by atoms with Gasteiger partial charge >= 0.3 is 0 Å². The highest BCUT2D eigenvalue weighted by molar-refractivity contribution is 5.28. The molecule has 1 aromatic carbocycles. The molecule has 6 N–H and O–H groups in total. The minimum Gasteiger partial charge on any atom is -0.508 e. The van der Waals surface area contributed by atoms with E-state index in [2.05, 4.69) is 4.74 Å². The molecule has 1 fully saturated rings. The fourth-order valence-corrected chi connectivity index (χ4v) is 2.28. The fourth-order valence-electron chi connectivity index (χ4n) is 2.28. The van der Waals surface area contributed by atoms with Gasteiger partial charge in [0.1, 0.15) is 11.5 Å². The van der Waals surface area contributed by atoms with Gasteiger partial charge in [-0.15, -0.1) is 0 Å². The van der Waals surface area contributed by atoms with Gasteiger partial charge in [0.25, 0.3) is 0 Å². The van der Waals surface area contributed by atoms with E-state index in [0.29, 0.717) is 38.3 Å². The predicted molar refractivity (Wildman–Crippen MR) is 94.4 cm³/mol. The summed E-state index contributed by atoms with van der Waals surface area (Å²) in [7, 11) is 0. The summed E-state index contributed by atoms with van der Waals surface area (Å²) in [6.07, 6.45) is 4.40. The zero-order valence-electron chi connectivity index (χ0n) is 14.6. The average Bonchev–Trinajstić information content (AvgIpc) is 2.66. The number of hydrogen-bond donors (Lipinski definition) is 6. The van der Waals surface area contributed by atoms with Crippen LogP contribution in [0, 0.1) is 11.8 Å². The third kappa shape index (κ3) is 13.6. The quantitative estimate of drug-likeness (QED) is 0.328. The van der Waals surface area contributed by atoms with Gasteiger partial charge < -0.3 is 35.4 Å². The first-order chi connectivity index (χ1) is 12.1. The summed E-state index contributed by atoms with van der Waals surface area (Å²) in [6.45, 7) is 1.36. The number of aromatic hydroxyl groups is 2. The highest BCUT2D eigenvalue weighted by Crippen LogP contribution is 2.27. The zero-order valence-corrected chi connectivity index (χ0v) is 14.6. The van der Waals surface area contributed by atoms with Crippen molar-refractivity contribution in [3.8, 4) is 11.5 Å². The molecule has 0 amide bonds. The van der Waals surface area contributed by atoms with Crippen LogP contribution in [0.25, 0.3) is 0 Å². The summed E-state index contributed by atoms with van der Waals surface area (Å²) in [4.78, 5) is 0. The Labute approximate surface area is 149 Å². The third-order valence-corrected chi connectivity index (χ3v) is 3.80. The van der Waals surface area contributed by atoms with E-state index in [1.165, 1.54) is 24.3 Å². The van der Waals surface area contributed by atoms with Gasteiger partial charge in [-0.05, 0) is 61.8 Å². The van der Waals surface area contributed by atoms with E-state index >= 15 is 0 Å². The molecule has 1 aliphatic carbocycles. The summed E-state index contributed by atoms with van der Waals surface area (Å²) in [5.41, 5.74) is 0. The van der Waals surface area contributed by atoms with Gasteiger partial charge in [0.2, 0.25) is 0 Å². The number of hydrogen-bond acceptors (Lipinski definition) is 7. The Morgan fingerprint density at radius 3 is 1.24 bits per heavy atom. The summed E-state index contributed by atoms with van der Waals surface area (Å²) < 4.78 is 4.63. The van der Waals surface area contributed by atoms with Crippen molar-refractivity contribution < 1.29 is 35.4 Å². The van der Waals surface area contributed by atoms with Crippen molar-refractivity contribution in [3.05, 3.63) is 24.3 Å². The van der Waals surface area contributed by atoms with Crippen LogP contribution in [0.1, 0.15) is 25.7 Å². The lowest BCUT2D eigenvalue weighted by molar-refractivity contribution is 0.0650. The van der Waals surface area contributed by atoms with Crippen LogP contribution < -0.4 is 0 Å². The lowest BCUT2D eigenvalue weighted by atomic mass is 9.83. The number of aliphatic hydroxyl groups is 4. The maximum atomic E-state index is 8.79. The van der Waals surface area contributed by atoms with E-state index in [1.54, 1.807) is 0 Å². The molecule has 0 heterocycles. The normalized spacial score (nSPS) is 19.2. The van der Waals surface area contributed by atoms with Gasteiger partial charge in [-0.3, -0.25) is 0 Å². The van der Waals surface area contributed by atoms with Gasteiger partial charge in [-0.2, -0.15) is 0 Å².